The van der Waals surface area contributed by atoms with Crippen LogP contribution < -0.4 is 0 Å². The molecule has 0 aliphatic heterocycles. The summed E-state index contributed by atoms with van der Waals surface area (Å²) in [5, 5.41) is 0. The zero-order chi connectivity index (χ0) is 14.3. The first kappa shape index (κ1) is 16.7. The van der Waals surface area contributed by atoms with Gasteiger partial charge in [-0.3, -0.25) is 0 Å². The molecule has 3 nitrogen and oxygen atoms in total. The third kappa shape index (κ3) is 4.90. The third-order valence-corrected chi connectivity index (χ3v) is 4.32. The van der Waals surface area contributed by atoms with Gasteiger partial charge in [0.25, 0.3) is 0 Å². The van der Waals surface area contributed by atoms with E-state index in [2.05, 4.69) is 26.8 Å². The van der Waals surface area contributed by atoms with Crippen molar-refractivity contribution in [3.8, 4) is 0 Å². The smallest absolute Gasteiger partial charge is 0.180 e. The SMILES string of the molecule is CCOC(COCC[C@H]1CC=C(C)C1(C)C)OCC. The van der Waals surface area contributed by atoms with Crippen LogP contribution in [0.15, 0.2) is 11.6 Å². The summed E-state index contributed by atoms with van der Waals surface area (Å²) in [6.45, 7) is 13.5. The molecule has 0 aromatic carbocycles. The fourth-order valence-corrected chi connectivity index (χ4v) is 2.60. The first-order valence-corrected chi connectivity index (χ1v) is 7.50. The van der Waals surface area contributed by atoms with E-state index in [1.807, 2.05) is 13.8 Å². The van der Waals surface area contributed by atoms with Gasteiger partial charge in [-0.05, 0) is 44.9 Å². The molecule has 0 amide bonds. The van der Waals surface area contributed by atoms with Crippen molar-refractivity contribution in [3.05, 3.63) is 11.6 Å². The lowest BCUT2D eigenvalue weighted by atomic mass is 9.76. The first-order chi connectivity index (χ1) is 9.02. The maximum atomic E-state index is 5.72. The molecule has 0 N–H and O–H groups in total. The van der Waals surface area contributed by atoms with Gasteiger partial charge in [-0.25, -0.2) is 0 Å². The highest BCUT2D eigenvalue weighted by atomic mass is 16.7. The molecule has 0 fully saturated rings. The highest BCUT2D eigenvalue weighted by molar-refractivity contribution is 5.17. The Labute approximate surface area is 118 Å². The molecule has 0 aromatic rings. The van der Waals surface area contributed by atoms with Crippen LogP contribution in [0.3, 0.4) is 0 Å². The summed E-state index contributed by atoms with van der Waals surface area (Å²) in [6.07, 6.45) is 4.44. The van der Waals surface area contributed by atoms with Gasteiger partial charge in [-0.15, -0.1) is 0 Å². The number of ether oxygens (including phenoxy) is 3. The maximum absolute atomic E-state index is 5.72. The Hall–Kier alpha value is -0.380. The number of hydrogen-bond acceptors (Lipinski definition) is 3. The largest absolute Gasteiger partial charge is 0.376 e. The van der Waals surface area contributed by atoms with E-state index in [4.69, 9.17) is 14.2 Å². The number of allylic oxidation sites excluding steroid dienone is 2. The quantitative estimate of drug-likeness (QED) is 0.362. The van der Waals surface area contributed by atoms with Gasteiger partial charge < -0.3 is 14.2 Å². The standard InChI is InChI=1S/C16H30O3/c1-6-18-15(19-7-2)12-17-11-10-14-9-8-13(3)16(14,4)5/h8,14-15H,6-7,9-12H2,1-5H3/t14-/m1/s1. The number of hydrogen-bond donors (Lipinski definition) is 0. The summed E-state index contributed by atoms with van der Waals surface area (Å²) in [5.74, 6) is 0.699. The second-order valence-electron chi connectivity index (χ2n) is 5.75. The molecule has 0 aromatic heterocycles. The monoisotopic (exact) mass is 270 g/mol. The second kappa shape index (κ2) is 8.03. The summed E-state index contributed by atoms with van der Waals surface area (Å²) < 4.78 is 16.6. The van der Waals surface area contributed by atoms with Gasteiger partial charge in [0.1, 0.15) is 0 Å². The Bertz CT molecular complexity index is 278. The molecule has 0 radical (unpaired) electrons. The zero-order valence-electron chi connectivity index (χ0n) is 13.2. The topological polar surface area (TPSA) is 27.7 Å². The zero-order valence-corrected chi connectivity index (χ0v) is 13.2. The van der Waals surface area contributed by atoms with Crippen LogP contribution in [0.2, 0.25) is 0 Å². The Morgan fingerprint density at radius 1 is 1.26 bits per heavy atom. The molecule has 0 saturated carbocycles. The highest BCUT2D eigenvalue weighted by Gasteiger charge is 2.34. The normalized spacial score (nSPS) is 22.0. The lowest BCUT2D eigenvalue weighted by Gasteiger charge is -2.29. The molecule has 3 heteroatoms. The van der Waals surface area contributed by atoms with Crippen LogP contribution in [0.4, 0.5) is 0 Å². The van der Waals surface area contributed by atoms with Crippen molar-refractivity contribution >= 4 is 0 Å². The van der Waals surface area contributed by atoms with Gasteiger partial charge >= 0.3 is 0 Å². The van der Waals surface area contributed by atoms with Crippen molar-refractivity contribution in [3.63, 3.8) is 0 Å². The van der Waals surface area contributed by atoms with Gasteiger partial charge in [0, 0.05) is 19.8 Å². The summed E-state index contributed by atoms with van der Waals surface area (Å²) in [5.41, 5.74) is 1.83. The minimum atomic E-state index is -0.216. The predicted molar refractivity (Wildman–Crippen MR) is 78.1 cm³/mol. The van der Waals surface area contributed by atoms with Crippen LogP contribution in [0.5, 0.6) is 0 Å². The van der Waals surface area contributed by atoms with E-state index < -0.39 is 0 Å². The average molecular weight is 270 g/mol. The Kier molecular flexibility index (Phi) is 7.05. The summed E-state index contributed by atoms with van der Waals surface area (Å²) in [4.78, 5) is 0. The lowest BCUT2D eigenvalue weighted by Crippen LogP contribution is -2.25. The molecule has 1 aliphatic rings. The summed E-state index contributed by atoms with van der Waals surface area (Å²) >= 11 is 0. The molecular formula is C16H30O3. The number of rotatable bonds is 9. The summed E-state index contributed by atoms with van der Waals surface area (Å²) in [7, 11) is 0. The van der Waals surface area contributed by atoms with E-state index in [-0.39, 0.29) is 6.29 Å². The fourth-order valence-electron chi connectivity index (χ4n) is 2.60. The van der Waals surface area contributed by atoms with Crippen molar-refractivity contribution in [1.82, 2.24) is 0 Å². The minimum Gasteiger partial charge on any atom is -0.376 e. The molecule has 1 rings (SSSR count). The molecule has 1 aliphatic carbocycles. The Balaban J connectivity index is 2.20. The van der Waals surface area contributed by atoms with Crippen LogP contribution in [-0.2, 0) is 14.2 Å². The van der Waals surface area contributed by atoms with E-state index >= 15 is 0 Å². The molecule has 0 bridgehead atoms. The molecular weight excluding hydrogens is 240 g/mol. The molecule has 1 atom stereocenters. The van der Waals surface area contributed by atoms with Gasteiger partial charge in [-0.2, -0.15) is 0 Å². The average Bonchev–Trinajstić information content (AvgIpc) is 2.61. The van der Waals surface area contributed by atoms with Crippen LogP contribution in [-0.4, -0.2) is 32.7 Å². The van der Waals surface area contributed by atoms with Gasteiger partial charge in [0.05, 0.1) is 6.61 Å². The van der Waals surface area contributed by atoms with Crippen molar-refractivity contribution < 1.29 is 14.2 Å². The molecule has 0 unspecified atom stereocenters. The Morgan fingerprint density at radius 3 is 2.37 bits per heavy atom. The molecule has 19 heavy (non-hydrogen) atoms. The Morgan fingerprint density at radius 2 is 1.89 bits per heavy atom. The highest BCUT2D eigenvalue weighted by Crippen LogP contribution is 2.44. The van der Waals surface area contributed by atoms with Crippen molar-refractivity contribution in [2.45, 2.75) is 53.8 Å². The van der Waals surface area contributed by atoms with Gasteiger partial charge in [-0.1, -0.05) is 25.5 Å². The molecule has 112 valence electrons. The fraction of sp³-hybridized carbons (Fsp3) is 0.875. The molecule has 0 saturated heterocycles. The lowest BCUT2D eigenvalue weighted by molar-refractivity contribution is -0.168. The minimum absolute atomic E-state index is 0.216. The van der Waals surface area contributed by atoms with E-state index in [0.29, 0.717) is 31.2 Å². The predicted octanol–water partition coefficient (Wildman–Crippen LogP) is 3.78. The summed E-state index contributed by atoms with van der Waals surface area (Å²) in [6, 6.07) is 0. The van der Waals surface area contributed by atoms with Crippen LogP contribution >= 0.6 is 0 Å². The third-order valence-electron chi connectivity index (χ3n) is 4.32. The van der Waals surface area contributed by atoms with E-state index in [1.54, 1.807) is 0 Å². The van der Waals surface area contributed by atoms with Crippen molar-refractivity contribution in [2.75, 3.05) is 26.4 Å². The van der Waals surface area contributed by atoms with E-state index in [9.17, 15) is 0 Å². The maximum Gasteiger partial charge on any atom is 0.180 e. The van der Waals surface area contributed by atoms with Crippen LogP contribution in [0.25, 0.3) is 0 Å². The van der Waals surface area contributed by atoms with E-state index in [0.717, 1.165) is 13.0 Å². The van der Waals surface area contributed by atoms with E-state index in [1.165, 1.54) is 12.0 Å². The van der Waals surface area contributed by atoms with Crippen molar-refractivity contribution in [2.24, 2.45) is 11.3 Å². The van der Waals surface area contributed by atoms with Crippen LogP contribution in [0, 0.1) is 11.3 Å². The van der Waals surface area contributed by atoms with Crippen LogP contribution in [0.1, 0.15) is 47.5 Å². The van der Waals surface area contributed by atoms with Gasteiger partial charge in [0.15, 0.2) is 6.29 Å². The first-order valence-electron chi connectivity index (χ1n) is 7.50. The second-order valence-corrected chi connectivity index (χ2v) is 5.75. The molecule has 0 heterocycles. The van der Waals surface area contributed by atoms with Gasteiger partial charge in [0.2, 0.25) is 0 Å². The van der Waals surface area contributed by atoms with Crippen molar-refractivity contribution in [1.29, 1.82) is 0 Å². The molecule has 0 spiro atoms.